The molecule has 2 aromatic rings. The summed E-state index contributed by atoms with van der Waals surface area (Å²) >= 11 is 11.9. The Labute approximate surface area is 159 Å². The molecule has 2 aromatic carbocycles. The van der Waals surface area contributed by atoms with Gasteiger partial charge in [0.2, 0.25) is 5.76 Å². The van der Waals surface area contributed by atoms with Crippen LogP contribution >= 0.6 is 23.2 Å². The van der Waals surface area contributed by atoms with Crippen LogP contribution in [0.25, 0.3) is 0 Å². The molecule has 0 aliphatic carbocycles. The van der Waals surface area contributed by atoms with Crippen molar-refractivity contribution in [3.8, 4) is 5.75 Å². The highest BCUT2D eigenvalue weighted by atomic mass is 35.5. The summed E-state index contributed by atoms with van der Waals surface area (Å²) in [5, 5.41) is 9.79. The van der Waals surface area contributed by atoms with E-state index in [0.29, 0.717) is 10.7 Å². The number of hydrogen-bond acceptors (Lipinski definition) is 5. The van der Waals surface area contributed by atoms with E-state index in [2.05, 4.69) is 15.6 Å². The molecule has 0 aliphatic rings. The third kappa shape index (κ3) is 5.05. The Balaban J connectivity index is 2.23. The van der Waals surface area contributed by atoms with Crippen LogP contribution in [0.2, 0.25) is 10.0 Å². The number of para-hydroxylation sites is 1. The molecule has 0 fully saturated rings. The molecule has 2 rings (SSSR count). The Morgan fingerprint density at radius 3 is 2.54 bits per heavy atom. The Hall–Kier alpha value is -2.90. The molecule has 0 aliphatic heterocycles. The lowest BCUT2D eigenvalue weighted by molar-refractivity contribution is -0.135. The maximum absolute atomic E-state index is 12.5. The number of carboxylic acids is 1. The normalized spacial score (nSPS) is 10.8. The number of nitrogens with one attached hydrogen (secondary N) is 2. The largest absolute Gasteiger partial charge is 0.500 e. The molecule has 0 spiro atoms. The Morgan fingerprint density at radius 2 is 1.88 bits per heavy atom. The zero-order valence-electron chi connectivity index (χ0n) is 13.5. The number of halogens is 2. The zero-order valence-corrected chi connectivity index (χ0v) is 15.0. The van der Waals surface area contributed by atoms with Crippen molar-refractivity contribution in [3.05, 3.63) is 70.1 Å². The fourth-order valence-electron chi connectivity index (χ4n) is 1.87. The van der Waals surface area contributed by atoms with Crippen molar-refractivity contribution in [1.82, 2.24) is 5.43 Å². The van der Waals surface area contributed by atoms with Gasteiger partial charge in [-0.3, -0.25) is 15.6 Å². The number of hydrazine groups is 1. The van der Waals surface area contributed by atoms with E-state index >= 15 is 0 Å². The highest BCUT2D eigenvalue weighted by molar-refractivity contribution is 6.33. The van der Waals surface area contributed by atoms with Crippen molar-refractivity contribution in [1.29, 1.82) is 0 Å². The Morgan fingerprint density at radius 1 is 1.15 bits per heavy atom. The molecular formula is C17H14Cl2N2O5. The van der Waals surface area contributed by atoms with Gasteiger partial charge in [0.15, 0.2) is 0 Å². The van der Waals surface area contributed by atoms with Gasteiger partial charge in [-0.05, 0) is 30.3 Å². The molecular weight excluding hydrogens is 383 g/mol. The maximum Gasteiger partial charge on any atom is 0.375 e. The topological polar surface area (TPSA) is 96.9 Å². The minimum Gasteiger partial charge on any atom is -0.500 e. The Kier molecular flexibility index (Phi) is 6.71. The fourth-order valence-corrected chi connectivity index (χ4v) is 2.22. The van der Waals surface area contributed by atoms with Crippen molar-refractivity contribution in [2.45, 2.75) is 0 Å². The van der Waals surface area contributed by atoms with Crippen LogP contribution in [-0.4, -0.2) is 24.1 Å². The molecule has 0 bridgehead atoms. The van der Waals surface area contributed by atoms with Gasteiger partial charge >= 0.3 is 5.97 Å². The number of amides is 1. The van der Waals surface area contributed by atoms with Gasteiger partial charge in [-0.1, -0.05) is 35.3 Å². The smallest absolute Gasteiger partial charge is 0.375 e. The van der Waals surface area contributed by atoms with Crippen LogP contribution in [0.5, 0.6) is 5.75 Å². The molecule has 0 saturated heterocycles. The SMILES string of the molecule is COC=C(Oc1ccc(Cl)cc1C(=O)NNc1ccccc1Cl)C(=O)O. The minimum absolute atomic E-state index is 0.0142. The van der Waals surface area contributed by atoms with Crippen molar-refractivity contribution in [2.24, 2.45) is 0 Å². The molecule has 0 atom stereocenters. The second-order valence-corrected chi connectivity index (χ2v) is 5.67. The van der Waals surface area contributed by atoms with Crippen LogP contribution in [0.15, 0.2) is 54.5 Å². The first kappa shape index (κ1) is 19.4. The quantitative estimate of drug-likeness (QED) is 0.375. The van der Waals surface area contributed by atoms with Crippen LogP contribution in [0, 0.1) is 0 Å². The van der Waals surface area contributed by atoms with Gasteiger partial charge in [-0.15, -0.1) is 0 Å². The monoisotopic (exact) mass is 396 g/mol. The van der Waals surface area contributed by atoms with E-state index in [9.17, 15) is 9.59 Å². The number of ether oxygens (including phenoxy) is 2. The molecule has 136 valence electrons. The number of rotatable bonds is 7. The highest BCUT2D eigenvalue weighted by Crippen LogP contribution is 2.25. The van der Waals surface area contributed by atoms with E-state index in [0.717, 1.165) is 6.26 Å². The van der Waals surface area contributed by atoms with Crippen LogP contribution in [0.3, 0.4) is 0 Å². The number of anilines is 1. The number of methoxy groups -OCH3 is 1. The molecule has 0 radical (unpaired) electrons. The summed E-state index contributed by atoms with van der Waals surface area (Å²) in [6.07, 6.45) is 0.903. The van der Waals surface area contributed by atoms with E-state index in [1.165, 1.54) is 25.3 Å². The van der Waals surface area contributed by atoms with Crippen LogP contribution in [0.4, 0.5) is 5.69 Å². The van der Waals surface area contributed by atoms with E-state index in [4.69, 9.17) is 33.0 Å². The third-order valence-electron chi connectivity index (χ3n) is 3.03. The summed E-state index contributed by atoms with van der Waals surface area (Å²) in [6, 6.07) is 11.0. The molecule has 1 amide bonds. The lowest BCUT2D eigenvalue weighted by Crippen LogP contribution is -2.30. The summed E-state index contributed by atoms with van der Waals surface area (Å²) in [5.41, 5.74) is 5.62. The molecule has 26 heavy (non-hydrogen) atoms. The predicted octanol–water partition coefficient (Wildman–Crippen LogP) is 3.70. The fraction of sp³-hybridized carbons (Fsp3) is 0.0588. The summed E-state index contributed by atoms with van der Waals surface area (Å²) in [4.78, 5) is 23.6. The number of carboxylic acid groups (broad SMARTS) is 1. The van der Waals surface area contributed by atoms with Crippen LogP contribution in [-0.2, 0) is 9.53 Å². The summed E-state index contributed by atoms with van der Waals surface area (Å²) < 4.78 is 9.92. The van der Waals surface area contributed by atoms with Crippen molar-refractivity contribution < 1.29 is 24.2 Å². The summed E-state index contributed by atoms with van der Waals surface area (Å²) in [7, 11) is 1.27. The minimum atomic E-state index is -1.36. The van der Waals surface area contributed by atoms with Crippen LogP contribution in [0.1, 0.15) is 10.4 Å². The van der Waals surface area contributed by atoms with E-state index < -0.39 is 17.6 Å². The van der Waals surface area contributed by atoms with Gasteiger partial charge in [-0.2, -0.15) is 0 Å². The third-order valence-corrected chi connectivity index (χ3v) is 3.59. The number of carbonyl (C=O) groups excluding carboxylic acids is 1. The lowest BCUT2D eigenvalue weighted by Gasteiger charge is -2.13. The first-order valence-electron chi connectivity index (χ1n) is 7.17. The van der Waals surface area contributed by atoms with Gasteiger partial charge in [0.05, 0.1) is 23.4 Å². The number of hydrogen-bond donors (Lipinski definition) is 3. The summed E-state index contributed by atoms with van der Waals surface area (Å²) in [6.45, 7) is 0. The van der Waals surface area contributed by atoms with E-state index in [1.807, 2.05) is 0 Å². The second-order valence-electron chi connectivity index (χ2n) is 4.82. The maximum atomic E-state index is 12.5. The van der Waals surface area contributed by atoms with Gasteiger partial charge < -0.3 is 14.6 Å². The molecule has 0 heterocycles. The predicted molar refractivity (Wildman–Crippen MR) is 97.3 cm³/mol. The van der Waals surface area contributed by atoms with Crippen molar-refractivity contribution >= 4 is 40.8 Å². The number of aliphatic carboxylic acids is 1. The van der Waals surface area contributed by atoms with Gasteiger partial charge in [0, 0.05) is 5.02 Å². The average Bonchev–Trinajstić information content (AvgIpc) is 2.61. The molecule has 3 N–H and O–H groups in total. The average molecular weight is 397 g/mol. The first-order chi connectivity index (χ1) is 12.4. The van der Waals surface area contributed by atoms with Gasteiger partial charge in [0.25, 0.3) is 5.91 Å². The lowest BCUT2D eigenvalue weighted by atomic mass is 10.2. The molecule has 0 saturated carbocycles. The summed E-state index contributed by atoms with van der Waals surface area (Å²) in [5.74, 6) is -2.48. The zero-order chi connectivity index (χ0) is 19.1. The standard InChI is InChI=1S/C17H14Cl2N2O5/c1-25-9-15(17(23)24)26-14-7-6-10(18)8-11(14)16(22)21-20-13-5-3-2-4-12(13)19/h2-9,20H,1H3,(H,21,22)(H,23,24). The Bertz CT molecular complexity index is 855. The first-order valence-corrected chi connectivity index (χ1v) is 7.92. The second kappa shape index (κ2) is 8.98. The molecule has 9 heteroatoms. The van der Waals surface area contributed by atoms with Crippen molar-refractivity contribution in [3.63, 3.8) is 0 Å². The van der Waals surface area contributed by atoms with E-state index in [1.54, 1.807) is 24.3 Å². The van der Waals surface area contributed by atoms with Gasteiger partial charge in [0.1, 0.15) is 12.0 Å². The van der Waals surface area contributed by atoms with Crippen LogP contribution < -0.4 is 15.6 Å². The number of benzene rings is 2. The molecule has 0 unspecified atom stereocenters. The van der Waals surface area contributed by atoms with Crippen molar-refractivity contribution in [2.75, 3.05) is 12.5 Å². The highest BCUT2D eigenvalue weighted by Gasteiger charge is 2.18. The van der Waals surface area contributed by atoms with E-state index in [-0.39, 0.29) is 16.3 Å². The van der Waals surface area contributed by atoms with Gasteiger partial charge in [-0.25, -0.2) is 4.79 Å². The number of carbonyl (C=O) groups is 2. The molecule has 0 aromatic heterocycles. The molecule has 7 nitrogen and oxygen atoms in total.